The highest BCUT2D eigenvalue weighted by atomic mass is 32.2. The number of hydrogen-bond donors (Lipinski definition) is 2. The summed E-state index contributed by atoms with van der Waals surface area (Å²) >= 11 is 0. The zero-order chi connectivity index (χ0) is 28.2. The molecule has 4 rings (SSSR count). The zero-order valence-corrected chi connectivity index (χ0v) is 22.8. The maximum Gasteiger partial charge on any atom is 0.406 e. The van der Waals surface area contributed by atoms with Crippen LogP contribution in [-0.4, -0.2) is 64.8 Å². The van der Waals surface area contributed by atoms with Gasteiger partial charge in [0.2, 0.25) is 5.91 Å². The molecule has 7 nitrogen and oxygen atoms in total. The molecule has 208 valence electrons. The predicted molar refractivity (Wildman–Crippen MR) is 148 cm³/mol. The fourth-order valence-corrected chi connectivity index (χ4v) is 5.23. The van der Waals surface area contributed by atoms with E-state index in [1.165, 1.54) is 11.7 Å². The number of carbonyl (C=O) groups excluding carboxylic acids is 1. The van der Waals surface area contributed by atoms with Crippen LogP contribution in [0.5, 0.6) is 5.75 Å². The van der Waals surface area contributed by atoms with Crippen LogP contribution in [0.25, 0.3) is 10.9 Å². The lowest BCUT2D eigenvalue weighted by atomic mass is 10.0. The fourth-order valence-electron chi connectivity index (χ4n) is 4.69. The number of alkyl halides is 3. The van der Waals surface area contributed by atoms with Crippen molar-refractivity contribution in [3.63, 3.8) is 0 Å². The molecule has 2 N–H and O–H groups in total. The summed E-state index contributed by atoms with van der Waals surface area (Å²) in [5, 5.41) is 7.25. The van der Waals surface area contributed by atoms with E-state index >= 15 is 0 Å². The molecule has 1 aromatic heterocycles. The number of amides is 1. The molecule has 0 spiro atoms. The van der Waals surface area contributed by atoms with Crippen LogP contribution in [0.2, 0.25) is 0 Å². The van der Waals surface area contributed by atoms with E-state index in [2.05, 4.69) is 22.5 Å². The first-order chi connectivity index (χ1) is 18.6. The Bertz CT molecular complexity index is 1430. The largest absolute Gasteiger partial charge is 0.495 e. The summed E-state index contributed by atoms with van der Waals surface area (Å²) in [6.07, 6.45) is -1.32. The molecule has 0 aliphatic carbocycles. The van der Waals surface area contributed by atoms with Gasteiger partial charge in [0, 0.05) is 59.1 Å². The fraction of sp³-hybridized carbons (Fsp3) is 0.393. The molecule has 3 aromatic rings. The quantitative estimate of drug-likeness (QED) is 0.405. The number of fused-ring (bicyclic) bond motifs is 1. The van der Waals surface area contributed by atoms with E-state index in [0.717, 1.165) is 18.5 Å². The molecule has 0 bridgehead atoms. The topological polar surface area (TPSA) is 75.6 Å². The van der Waals surface area contributed by atoms with Crippen molar-refractivity contribution in [2.75, 3.05) is 43.6 Å². The van der Waals surface area contributed by atoms with Crippen molar-refractivity contribution < 1.29 is 26.9 Å². The average Bonchev–Trinajstić information content (AvgIpc) is 3.23. The molecule has 1 atom stereocenters. The first-order valence-corrected chi connectivity index (χ1v) is 14.1. The summed E-state index contributed by atoms with van der Waals surface area (Å²) in [6, 6.07) is 12.2. The van der Waals surface area contributed by atoms with Crippen molar-refractivity contribution in [3.8, 4) is 17.6 Å². The SMILES string of the molecule is COc1cc(S(C)=O)ccc1NCC#Cc1cc2c(NC3CCN(C(C)=O)CC3)cccc2n1CC(F)(F)F. The van der Waals surface area contributed by atoms with Gasteiger partial charge < -0.3 is 24.8 Å². The van der Waals surface area contributed by atoms with Crippen LogP contribution in [0.15, 0.2) is 47.4 Å². The molecule has 11 heteroatoms. The van der Waals surface area contributed by atoms with E-state index in [-0.39, 0.29) is 24.2 Å². The zero-order valence-electron chi connectivity index (χ0n) is 22.0. The second kappa shape index (κ2) is 12.0. The standard InChI is InChI=1S/C28H31F3N4O3S/c1-19(36)34-14-11-20(12-15-34)33-24-7-4-8-26-23(24)16-21(35(26)18-28(29,30)31)6-5-13-32-25-10-9-22(39(3)37)17-27(25)38-2/h4,7-10,16-17,20,32-33H,11-15,18H2,1-3H3. The van der Waals surface area contributed by atoms with Crippen molar-refractivity contribution in [2.45, 2.75) is 43.4 Å². The van der Waals surface area contributed by atoms with Gasteiger partial charge in [-0.25, -0.2) is 0 Å². The van der Waals surface area contributed by atoms with Gasteiger partial charge in [-0.1, -0.05) is 12.0 Å². The maximum atomic E-state index is 13.5. The third-order valence-corrected chi connectivity index (χ3v) is 7.59. The summed E-state index contributed by atoms with van der Waals surface area (Å²) in [7, 11) is 0.342. The summed E-state index contributed by atoms with van der Waals surface area (Å²) < 4.78 is 58.8. The van der Waals surface area contributed by atoms with Crippen LogP contribution in [0.3, 0.4) is 0 Å². The van der Waals surface area contributed by atoms with Crippen molar-refractivity contribution in [1.29, 1.82) is 0 Å². The van der Waals surface area contributed by atoms with E-state index in [9.17, 15) is 22.2 Å². The Balaban J connectivity index is 1.57. The number of methoxy groups -OCH3 is 1. The van der Waals surface area contributed by atoms with E-state index in [1.54, 1.807) is 54.5 Å². The Morgan fingerprint density at radius 2 is 1.90 bits per heavy atom. The number of rotatable bonds is 7. The van der Waals surface area contributed by atoms with Crippen LogP contribution in [0, 0.1) is 11.8 Å². The number of carbonyl (C=O) groups is 1. The van der Waals surface area contributed by atoms with Crippen molar-refractivity contribution in [2.24, 2.45) is 0 Å². The van der Waals surface area contributed by atoms with Crippen LogP contribution in [0.4, 0.5) is 24.5 Å². The minimum Gasteiger partial charge on any atom is -0.495 e. The summed E-state index contributed by atoms with van der Waals surface area (Å²) in [4.78, 5) is 14.0. The Hall–Kier alpha value is -3.65. The number of ether oxygens (including phenoxy) is 1. The second-order valence-corrected chi connectivity index (χ2v) is 10.7. The van der Waals surface area contributed by atoms with Gasteiger partial charge in [0.25, 0.3) is 0 Å². The van der Waals surface area contributed by atoms with Gasteiger partial charge >= 0.3 is 6.18 Å². The number of aromatic nitrogens is 1. The summed E-state index contributed by atoms with van der Waals surface area (Å²) in [6.45, 7) is 1.85. The smallest absolute Gasteiger partial charge is 0.406 e. The molecule has 39 heavy (non-hydrogen) atoms. The van der Waals surface area contributed by atoms with Gasteiger partial charge in [-0.2, -0.15) is 13.2 Å². The molecular weight excluding hydrogens is 529 g/mol. The average molecular weight is 561 g/mol. The van der Waals surface area contributed by atoms with Gasteiger partial charge in [-0.3, -0.25) is 9.00 Å². The van der Waals surface area contributed by atoms with Gasteiger partial charge in [-0.05, 0) is 55.2 Å². The summed E-state index contributed by atoms with van der Waals surface area (Å²) in [5.74, 6) is 6.37. The molecule has 1 aliphatic rings. The number of nitrogens with zero attached hydrogens (tertiary/aromatic N) is 2. The number of halogens is 3. The Labute approximate surface area is 228 Å². The molecule has 2 aromatic carbocycles. The molecule has 0 radical (unpaired) electrons. The van der Waals surface area contributed by atoms with Crippen molar-refractivity contribution in [1.82, 2.24) is 9.47 Å². The molecule has 1 aliphatic heterocycles. The third kappa shape index (κ3) is 7.06. The number of nitrogens with one attached hydrogen (secondary N) is 2. The minimum absolute atomic E-state index is 0.0466. The first-order valence-electron chi connectivity index (χ1n) is 12.5. The first kappa shape index (κ1) is 28.4. The highest BCUT2D eigenvalue weighted by molar-refractivity contribution is 7.84. The van der Waals surface area contributed by atoms with E-state index in [4.69, 9.17) is 4.74 Å². The third-order valence-electron chi connectivity index (χ3n) is 6.67. The molecule has 1 fully saturated rings. The van der Waals surface area contributed by atoms with E-state index < -0.39 is 23.5 Å². The lowest BCUT2D eigenvalue weighted by Gasteiger charge is -2.32. The van der Waals surface area contributed by atoms with Crippen LogP contribution in [-0.2, 0) is 22.1 Å². The number of hydrogen-bond acceptors (Lipinski definition) is 5. The van der Waals surface area contributed by atoms with Gasteiger partial charge in [0.05, 0.1) is 30.6 Å². The van der Waals surface area contributed by atoms with Crippen molar-refractivity contribution in [3.05, 3.63) is 48.2 Å². The Kier molecular flexibility index (Phi) is 8.75. The number of anilines is 2. The Morgan fingerprint density at radius 1 is 1.15 bits per heavy atom. The van der Waals surface area contributed by atoms with Crippen LogP contribution < -0.4 is 15.4 Å². The Morgan fingerprint density at radius 3 is 2.54 bits per heavy atom. The number of likely N-dealkylation sites (tertiary alicyclic amines) is 1. The lowest BCUT2D eigenvalue weighted by Crippen LogP contribution is -2.41. The minimum atomic E-state index is -4.42. The number of piperidine rings is 1. The van der Waals surface area contributed by atoms with Gasteiger partial charge in [0.15, 0.2) is 0 Å². The second-order valence-electron chi connectivity index (χ2n) is 9.37. The van der Waals surface area contributed by atoms with Crippen molar-refractivity contribution >= 4 is 39.0 Å². The van der Waals surface area contributed by atoms with Gasteiger partial charge in [-0.15, -0.1) is 0 Å². The summed E-state index contributed by atoms with van der Waals surface area (Å²) in [5.41, 5.74) is 2.09. The molecule has 1 amide bonds. The lowest BCUT2D eigenvalue weighted by molar-refractivity contribution is -0.140. The van der Waals surface area contributed by atoms with Crippen LogP contribution in [0.1, 0.15) is 25.5 Å². The molecule has 0 saturated carbocycles. The molecule has 1 saturated heterocycles. The molecule has 1 unspecified atom stereocenters. The maximum absolute atomic E-state index is 13.5. The molecule has 2 heterocycles. The highest BCUT2D eigenvalue weighted by Gasteiger charge is 2.30. The van der Waals surface area contributed by atoms with Gasteiger partial charge in [0.1, 0.15) is 12.3 Å². The van der Waals surface area contributed by atoms with E-state index in [0.29, 0.717) is 40.3 Å². The molecular formula is C28H31F3N4O3S. The van der Waals surface area contributed by atoms with Crippen LogP contribution >= 0.6 is 0 Å². The number of benzene rings is 2. The monoisotopic (exact) mass is 560 g/mol. The predicted octanol–water partition coefficient (Wildman–Crippen LogP) is 4.84. The highest BCUT2D eigenvalue weighted by Crippen LogP contribution is 2.31. The normalized spacial score (nSPS) is 15.0. The van der Waals surface area contributed by atoms with E-state index in [1.807, 2.05) is 6.07 Å².